The van der Waals surface area contributed by atoms with Crippen molar-refractivity contribution in [2.24, 2.45) is 5.92 Å². The van der Waals surface area contributed by atoms with Crippen LogP contribution in [0.5, 0.6) is 11.5 Å². The summed E-state index contributed by atoms with van der Waals surface area (Å²) >= 11 is 0. The van der Waals surface area contributed by atoms with E-state index in [0.29, 0.717) is 23.5 Å². The monoisotopic (exact) mass is 499 g/mol. The predicted octanol–water partition coefficient (Wildman–Crippen LogP) is 6.95. The van der Waals surface area contributed by atoms with Gasteiger partial charge >= 0.3 is 0 Å². The third kappa shape index (κ3) is 6.82. The van der Waals surface area contributed by atoms with Crippen LogP contribution in [0.3, 0.4) is 0 Å². The molecule has 3 aromatic carbocycles. The molecular formula is C31H35O4Si. The van der Waals surface area contributed by atoms with E-state index < -0.39 is 15.0 Å². The number of hydrogen-bond acceptors (Lipinski definition) is 4. The molecule has 187 valence electrons. The fourth-order valence-electron chi connectivity index (χ4n) is 4.08. The second kappa shape index (κ2) is 12.0. The third-order valence-electron chi connectivity index (χ3n) is 5.89. The smallest absolute Gasteiger partial charge is 0.274 e. The molecule has 36 heavy (non-hydrogen) atoms. The highest BCUT2D eigenvalue weighted by Crippen LogP contribution is 2.41. The molecule has 0 bridgehead atoms. The number of methoxy groups -OCH3 is 1. The molecule has 4 nitrogen and oxygen atoms in total. The Bertz CT molecular complexity index is 1210. The van der Waals surface area contributed by atoms with Crippen molar-refractivity contribution in [2.45, 2.75) is 45.7 Å². The highest BCUT2D eigenvalue weighted by Gasteiger charge is 2.27. The highest BCUT2D eigenvalue weighted by molar-refractivity contribution is 6.49. The molecule has 0 aliphatic heterocycles. The van der Waals surface area contributed by atoms with Crippen molar-refractivity contribution in [1.82, 2.24) is 0 Å². The first-order valence-corrected chi connectivity index (χ1v) is 14.6. The Labute approximate surface area is 216 Å². The number of carbonyl (C=O) groups excluding carboxylic acids is 2. The number of hydrogen-bond donors (Lipinski definition) is 0. The van der Waals surface area contributed by atoms with Gasteiger partial charge < -0.3 is 9.16 Å². The minimum Gasteiger partial charge on any atom is -0.540 e. The topological polar surface area (TPSA) is 52.6 Å². The highest BCUT2D eigenvalue weighted by atomic mass is 28.3. The van der Waals surface area contributed by atoms with Crippen molar-refractivity contribution in [1.29, 1.82) is 0 Å². The Hall–Kier alpha value is -3.44. The third-order valence-corrected chi connectivity index (χ3v) is 6.50. The summed E-state index contributed by atoms with van der Waals surface area (Å²) in [7, 11) is 0.543. The van der Waals surface area contributed by atoms with Crippen molar-refractivity contribution < 1.29 is 18.8 Å². The lowest BCUT2D eigenvalue weighted by molar-refractivity contribution is -0.116. The fourth-order valence-corrected chi connectivity index (χ4v) is 4.69. The van der Waals surface area contributed by atoms with Gasteiger partial charge in [-0.05, 0) is 42.6 Å². The molecule has 3 rings (SSSR count). The summed E-state index contributed by atoms with van der Waals surface area (Å²) in [5, 5.41) is 0. The number of carbonyl (C=O) groups is 2. The summed E-state index contributed by atoms with van der Waals surface area (Å²) < 4.78 is 12.0. The van der Waals surface area contributed by atoms with Crippen LogP contribution in [0.25, 0.3) is 6.08 Å². The maximum absolute atomic E-state index is 13.5. The van der Waals surface area contributed by atoms with E-state index in [1.807, 2.05) is 60.7 Å². The first-order chi connectivity index (χ1) is 17.1. The molecule has 0 aliphatic rings. The zero-order chi connectivity index (χ0) is 26.3. The zero-order valence-electron chi connectivity index (χ0n) is 22.0. The Morgan fingerprint density at radius 1 is 0.889 bits per heavy atom. The van der Waals surface area contributed by atoms with Crippen LogP contribution in [0.15, 0.2) is 78.9 Å². The van der Waals surface area contributed by atoms with Gasteiger partial charge in [0.2, 0.25) is 0 Å². The maximum Gasteiger partial charge on any atom is 0.274 e. The molecule has 0 saturated heterocycles. The zero-order valence-corrected chi connectivity index (χ0v) is 23.0. The van der Waals surface area contributed by atoms with Gasteiger partial charge in [0, 0.05) is 16.7 Å². The van der Waals surface area contributed by atoms with Crippen LogP contribution in [0.4, 0.5) is 0 Å². The molecule has 0 amide bonds. The van der Waals surface area contributed by atoms with Gasteiger partial charge in [0.1, 0.15) is 0 Å². The average Bonchev–Trinajstić information content (AvgIpc) is 2.86. The minimum absolute atomic E-state index is 0.140. The van der Waals surface area contributed by atoms with Gasteiger partial charge in [-0.1, -0.05) is 93.6 Å². The van der Waals surface area contributed by atoms with E-state index in [1.54, 1.807) is 25.3 Å². The lowest BCUT2D eigenvalue weighted by Crippen LogP contribution is -2.25. The quantitative estimate of drug-likeness (QED) is 0.131. The molecule has 0 fully saturated rings. The fraction of sp³-hybridized carbons (Fsp3) is 0.290. The van der Waals surface area contributed by atoms with Gasteiger partial charge in [-0.15, -0.1) is 0 Å². The van der Waals surface area contributed by atoms with E-state index in [0.717, 1.165) is 16.7 Å². The number of benzene rings is 3. The van der Waals surface area contributed by atoms with E-state index in [1.165, 1.54) is 6.08 Å². The van der Waals surface area contributed by atoms with E-state index in [-0.39, 0.29) is 17.0 Å². The second-order valence-corrected chi connectivity index (χ2v) is 12.1. The van der Waals surface area contributed by atoms with Gasteiger partial charge in [0.05, 0.1) is 13.0 Å². The largest absolute Gasteiger partial charge is 0.540 e. The summed E-state index contributed by atoms with van der Waals surface area (Å²) in [5.41, 5.74) is 3.12. The van der Waals surface area contributed by atoms with Crippen molar-refractivity contribution in [3.05, 3.63) is 101 Å². The lowest BCUT2D eigenvalue weighted by atomic mass is 9.85. The maximum atomic E-state index is 13.5. The predicted molar refractivity (Wildman–Crippen MR) is 148 cm³/mol. The number of allylic oxidation sites excluding steroid dienone is 1. The van der Waals surface area contributed by atoms with Crippen molar-refractivity contribution >= 4 is 26.7 Å². The molecule has 0 spiro atoms. The summed E-state index contributed by atoms with van der Waals surface area (Å²) in [6, 6.07) is 22.6. The van der Waals surface area contributed by atoms with Crippen LogP contribution in [-0.2, 0) is 16.6 Å². The van der Waals surface area contributed by atoms with Gasteiger partial charge in [-0.25, -0.2) is 0 Å². The number of rotatable bonds is 10. The second-order valence-electron chi connectivity index (χ2n) is 10.0. The number of Topliss-reactive ketones (excluding diaryl/α,β-unsaturated/α-hetero) is 1. The standard InChI is InChI=1S/C31H35O4Si/c1-31(2,3)26-19-17-24(29(30(26)34-4)35-36(5)6)18-20-27(32)25(21-22-13-9-7-10-14-22)28(33)23-15-11-8-12-16-23/h7-20,25H,21H2,1-6H3. The van der Waals surface area contributed by atoms with Crippen LogP contribution in [0, 0.1) is 5.92 Å². The SMILES string of the molecule is COc1c(C(C)(C)C)ccc(C=CC(=O)C(Cc2ccccc2)C(=O)c2ccccc2)c1O[Si](C)C. The molecule has 0 heterocycles. The van der Waals surface area contributed by atoms with Crippen LogP contribution < -0.4 is 9.16 Å². The number of ketones is 2. The molecular weight excluding hydrogens is 464 g/mol. The molecule has 0 N–H and O–H groups in total. The molecule has 3 aromatic rings. The summed E-state index contributed by atoms with van der Waals surface area (Å²) in [4.78, 5) is 26.9. The average molecular weight is 500 g/mol. The minimum atomic E-state index is -1.10. The van der Waals surface area contributed by atoms with E-state index in [2.05, 4.69) is 33.9 Å². The van der Waals surface area contributed by atoms with Gasteiger partial charge in [-0.3, -0.25) is 9.59 Å². The molecule has 0 aliphatic carbocycles. The van der Waals surface area contributed by atoms with Gasteiger partial charge in [0.15, 0.2) is 23.1 Å². The van der Waals surface area contributed by atoms with Crippen molar-refractivity contribution in [3.8, 4) is 11.5 Å². The van der Waals surface area contributed by atoms with E-state index >= 15 is 0 Å². The van der Waals surface area contributed by atoms with Gasteiger partial charge in [0.25, 0.3) is 9.04 Å². The Morgan fingerprint density at radius 2 is 1.50 bits per heavy atom. The lowest BCUT2D eigenvalue weighted by Gasteiger charge is -2.25. The van der Waals surface area contributed by atoms with Crippen LogP contribution in [0.2, 0.25) is 13.1 Å². The van der Waals surface area contributed by atoms with Crippen LogP contribution in [0.1, 0.15) is 47.8 Å². The van der Waals surface area contributed by atoms with Crippen LogP contribution >= 0.6 is 0 Å². The number of ether oxygens (including phenoxy) is 1. The molecule has 0 saturated carbocycles. The first-order valence-electron chi connectivity index (χ1n) is 12.2. The Balaban J connectivity index is 2.00. The molecule has 0 aromatic heterocycles. The first kappa shape index (κ1) is 27.1. The molecule has 1 radical (unpaired) electrons. The molecule has 1 atom stereocenters. The molecule has 5 heteroatoms. The van der Waals surface area contributed by atoms with E-state index in [4.69, 9.17) is 9.16 Å². The Kier molecular flexibility index (Phi) is 9.05. The Morgan fingerprint density at radius 3 is 2.06 bits per heavy atom. The van der Waals surface area contributed by atoms with E-state index in [9.17, 15) is 9.59 Å². The summed E-state index contributed by atoms with van der Waals surface area (Å²) in [5.74, 6) is 0.0874. The van der Waals surface area contributed by atoms with Crippen molar-refractivity contribution in [2.75, 3.05) is 7.11 Å². The summed E-state index contributed by atoms with van der Waals surface area (Å²) in [6.45, 7) is 10.5. The molecule has 1 unspecified atom stereocenters. The van der Waals surface area contributed by atoms with Crippen LogP contribution in [-0.4, -0.2) is 27.7 Å². The van der Waals surface area contributed by atoms with Gasteiger partial charge in [-0.2, -0.15) is 0 Å². The van der Waals surface area contributed by atoms with Crippen molar-refractivity contribution in [3.63, 3.8) is 0 Å². The normalized spacial score (nSPS) is 12.5. The summed E-state index contributed by atoms with van der Waals surface area (Å²) in [6.07, 6.45) is 3.59.